The molecule has 0 spiro atoms. The zero-order valence-corrected chi connectivity index (χ0v) is 15.9. The van der Waals surface area contributed by atoms with Gasteiger partial charge in [0.05, 0.1) is 12.7 Å². The summed E-state index contributed by atoms with van der Waals surface area (Å²) in [5.74, 6) is 0.941. The minimum Gasteiger partial charge on any atom is -0.491 e. The molecule has 0 bridgehead atoms. The third-order valence-electron chi connectivity index (χ3n) is 4.91. The van der Waals surface area contributed by atoms with E-state index in [2.05, 4.69) is 26.0 Å². The number of unbranched alkanes of at least 4 members (excludes halogenated alkanes) is 4. The van der Waals surface area contributed by atoms with Crippen molar-refractivity contribution in [1.82, 2.24) is 0 Å². The first kappa shape index (κ1) is 21.0. The molecule has 1 rings (SSSR count). The van der Waals surface area contributed by atoms with Gasteiger partial charge in [-0.05, 0) is 56.7 Å². The maximum atomic E-state index is 9.38. The van der Waals surface area contributed by atoms with Crippen LogP contribution in [0.5, 0.6) is 5.75 Å². The quantitative estimate of drug-likeness (QED) is 0.507. The van der Waals surface area contributed by atoms with E-state index in [1.54, 1.807) is 0 Å². The molecule has 138 valence electrons. The summed E-state index contributed by atoms with van der Waals surface area (Å²) in [5, 5.41) is 9.38. The summed E-state index contributed by atoms with van der Waals surface area (Å²) in [7, 11) is 0. The Morgan fingerprint density at radius 1 is 1.08 bits per heavy atom. The molecule has 1 aromatic carbocycles. The SMILES string of the molecule is CCCCCCC[C@H](C)Oc1ccc(CC[C@@](N)(CC)CO)cc1. The Balaban J connectivity index is 2.33. The molecule has 0 fully saturated rings. The number of hydrogen-bond donors (Lipinski definition) is 2. The highest BCUT2D eigenvalue weighted by Crippen LogP contribution is 2.20. The maximum Gasteiger partial charge on any atom is 0.119 e. The van der Waals surface area contributed by atoms with Crippen molar-refractivity contribution in [3.8, 4) is 5.75 Å². The van der Waals surface area contributed by atoms with Crippen molar-refractivity contribution in [2.45, 2.75) is 90.2 Å². The first-order valence-electron chi connectivity index (χ1n) is 9.68. The van der Waals surface area contributed by atoms with Crippen LogP contribution in [-0.2, 0) is 6.42 Å². The van der Waals surface area contributed by atoms with Gasteiger partial charge in [0.15, 0.2) is 0 Å². The highest BCUT2D eigenvalue weighted by Gasteiger charge is 2.20. The second kappa shape index (κ2) is 11.5. The number of nitrogens with two attached hydrogens (primary N) is 1. The van der Waals surface area contributed by atoms with Crippen molar-refractivity contribution in [2.24, 2.45) is 5.73 Å². The molecule has 0 aliphatic heterocycles. The molecule has 0 aliphatic carbocycles. The minimum atomic E-state index is -0.457. The van der Waals surface area contributed by atoms with Crippen LogP contribution in [0.2, 0.25) is 0 Å². The Kier molecular flexibility index (Phi) is 10.0. The molecule has 0 aromatic heterocycles. The van der Waals surface area contributed by atoms with Gasteiger partial charge in [-0.2, -0.15) is 0 Å². The second-order valence-corrected chi connectivity index (χ2v) is 7.15. The predicted octanol–water partition coefficient (Wildman–Crippen LogP) is 4.85. The Bertz CT molecular complexity index is 426. The lowest BCUT2D eigenvalue weighted by Gasteiger charge is -2.25. The maximum absolute atomic E-state index is 9.38. The molecular formula is C21H37NO2. The van der Waals surface area contributed by atoms with Gasteiger partial charge in [-0.15, -0.1) is 0 Å². The van der Waals surface area contributed by atoms with Gasteiger partial charge in [0.2, 0.25) is 0 Å². The van der Waals surface area contributed by atoms with Gasteiger partial charge in [0.1, 0.15) is 5.75 Å². The average Bonchev–Trinajstić information content (AvgIpc) is 2.60. The molecule has 0 saturated heterocycles. The summed E-state index contributed by atoms with van der Waals surface area (Å²) in [4.78, 5) is 0. The molecule has 1 aromatic rings. The van der Waals surface area contributed by atoms with Gasteiger partial charge >= 0.3 is 0 Å². The van der Waals surface area contributed by atoms with Gasteiger partial charge < -0.3 is 15.6 Å². The standard InChI is InChI=1S/C21H37NO2/c1-4-6-7-8-9-10-18(3)24-20-13-11-19(12-14-20)15-16-21(22,5-2)17-23/h11-14,18,23H,4-10,15-17,22H2,1-3H3/t18-,21-/m0/s1. The number of hydrogen-bond acceptors (Lipinski definition) is 3. The van der Waals surface area contributed by atoms with Crippen molar-refractivity contribution >= 4 is 0 Å². The number of ether oxygens (including phenoxy) is 1. The van der Waals surface area contributed by atoms with Crippen molar-refractivity contribution in [3.05, 3.63) is 29.8 Å². The lowest BCUT2D eigenvalue weighted by molar-refractivity contribution is 0.183. The van der Waals surface area contributed by atoms with Crippen molar-refractivity contribution in [1.29, 1.82) is 0 Å². The number of rotatable bonds is 13. The van der Waals surface area contributed by atoms with E-state index in [4.69, 9.17) is 10.5 Å². The molecular weight excluding hydrogens is 298 g/mol. The molecule has 24 heavy (non-hydrogen) atoms. The van der Waals surface area contributed by atoms with Crippen LogP contribution in [0.25, 0.3) is 0 Å². The van der Waals surface area contributed by atoms with Crippen LogP contribution in [0.4, 0.5) is 0 Å². The summed E-state index contributed by atoms with van der Waals surface area (Å²) in [6, 6.07) is 8.31. The normalized spacial score (nSPS) is 15.0. The third kappa shape index (κ3) is 8.16. The van der Waals surface area contributed by atoms with Crippen LogP contribution in [0.3, 0.4) is 0 Å². The fraction of sp³-hybridized carbons (Fsp3) is 0.714. The monoisotopic (exact) mass is 335 g/mol. The lowest BCUT2D eigenvalue weighted by Crippen LogP contribution is -2.43. The van der Waals surface area contributed by atoms with Gasteiger partial charge in [-0.25, -0.2) is 0 Å². The average molecular weight is 336 g/mol. The molecule has 0 amide bonds. The van der Waals surface area contributed by atoms with Crippen LogP contribution in [0.1, 0.15) is 77.7 Å². The van der Waals surface area contributed by atoms with Crippen LogP contribution in [0.15, 0.2) is 24.3 Å². The number of aliphatic hydroxyl groups excluding tert-OH is 1. The van der Waals surface area contributed by atoms with Crippen molar-refractivity contribution < 1.29 is 9.84 Å². The third-order valence-corrected chi connectivity index (χ3v) is 4.91. The fourth-order valence-electron chi connectivity index (χ4n) is 2.82. The lowest BCUT2D eigenvalue weighted by atomic mass is 9.90. The van der Waals surface area contributed by atoms with E-state index in [1.807, 2.05) is 19.1 Å². The molecule has 0 aliphatic rings. The van der Waals surface area contributed by atoms with Gasteiger partial charge in [0.25, 0.3) is 0 Å². The minimum absolute atomic E-state index is 0.0421. The molecule has 3 heteroatoms. The summed E-state index contributed by atoms with van der Waals surface area (Å²) < 4.78 is 6.00. The predicted molar refractivity (Wildman–Crippen MR) is 103 cm³/mol. The topological polar surface area (TPSA) is 55.5 Å². The van der Waals surface area contributed by atoms with Crippen LogP contribution in [-0.4, -0.2) is 23.4 Å². The van der Waals surface area contributed by atoms with Crippen molar-refractivity contribution in [3.63, 3.8) is 0 Å². The Morgan fingerprint density at radius 3 is 2.33 bits per heavy atom. The Morgan fingerprint density at radius 2 is 1.75 bits per heavy atom. The van der Waals surface area contributed by atoms with Crippen molar-refractivity contribution in [2.75, 3.05) is 6.61 Å². The highest BCUT2D eigenvalue weighted by atomic mass is 16.5. The smallest absolute Gasteiger partial charge is 0.119 e. The first-order valence-corrected chi connectivity index (χ1v) is 9.68. The van der Waals surface area contributed by atoms with Crippen LogP contribution < -0.4 is 10.5 Å². The van der Waals surface area contributed by atoms with Gasteiger partial charge in [-0.1, -0.05) is 51.7 Å². The Labute approximate surface area is 148 Å². The summed E-state index contributed by atoms with van der Waals surface area (Å²) in [6.45, 7) is 6.46. The van der Waals surface area contributed by atoms with Crippen LogP contribution in [0, 0.1) is 0 Å². The van der Waals surface area contributed by atoms with E-state index in [-0.39, 0.29) is 12.7 Å². The first-order chi connectivity index (χ1) is 11.5. The van der Waals surface area contributed by atoms with E-state index in [9.17, 15) is 5.11 Å². The van der Waals surface area contributed by atoms with E-state index in [0.29, 0.717) is 0 Å². The molecule has 2 atom stereocenters. The molecule has 0 saturated carbocycles. The number of benzene rings is 1. The van der Waals surface area contributed by atoms with E-state index < -0.39 is 5.54 Å². The number of aryl methyl sites for hydroxylation is 1. The summed E-state index contributed by atoms with van der Waals surface area (Å²) in [6.07, 6.45) is 10.4. The molecule has 0 heterocycles. The molecule has 3 nitrogen and oxygen atoms in total. The second-order valence-electron chi connectivity index (χ2n) is 7.15. The summed E-state index contributed by atoms with van der Waals surface area (Å²) in [5.41, 5.74) is 6.93. The zero-order chi connectivity index (χ0) is 17.8. The summed E-state index contributed by atoms with van der Waals surface area (Å²) >= 11 is 0. The number of aliphatic hydroxyl groups is 1. The molecule has 0 unspecified atom stereocenters. The van der Waals surface area contributed by atoms with Crippen LogP contribution >= 0.6 is 0 Å². The van der Waals surface area contributed by atoms with Gasteiger partial charge in [0, 0.05) is 5.54 Å². The van der Waals surface area contributed by atoms with E-state index in [1.165, 1.54) is 37.7 Å². The molecule has 0 radical (unpaired) electrons. The van der Waals surface area contributed by atoms with E-state index in [0.717, 1.165) is 31.4 Å². The largest absolute Gasteiger partial charge is 0.491 e. The molecule has 3 N–H and O–H groups in total. The highest BCUT2D eigenvalue weighted by molar-refractivity contribution is 5.27. The van der Waals surface area contributed by atoms with Gasteiger partial charge in [-0.3, -0.25) is 0 Å². The fourth-order valence-corrected chi connectivity index (χ4v) is 2.82. The zero-order valence-electron chi connectivity index (χ0n) is 15.9. The van der Waals surface area contributed by atoms with E-state index >= 15 is 0 Å². The Hall–Kier alpha value is -1.06.